The molecule has 0 saturated heterocycles. The summed E-state index contributed by atoms with van der Waals surface area (Å²) < 4.78 is 96.3. The van der Waals surface area contributed by atoms with Gasteiger partial charge in [0.25, 0.3) is 5.91 Å². The highest BCUT2D eigenvalue weighted by Gasteiger charge is 2.35. The van der Waals surface area contributed by atoms with Crippen molar-refractivity contribution < 1.29 is 35.2 Å². The first kappa shape index (κ1) is 30.8. The van der Waals surface area contributed by atoms with Gasteiger partial charge in [0.2, 0.25) is 10.0 Å². The quantitative estimate of drug-likeness (QED) is 0.281. The maximum Gasteiger partial charge on any atom is 0.433 e. The summed E-state index contributed by atoms with van der Waals surface area (Å²) in [7, 11) is -2.20. The van der Waals surface area contributed by atoms with Crippen molar-refractivity contribution in [2.45, 2.75) is 57.3 Å². The van der Waals surface area contributed by atoms with E-state index >= 15 is 4.39 Å². The fourth-order valence-corrected chi connectivity index (χ4v) is 6.31. The molecule has 0 aliphatic heterocycles. The van der Waals surface area contributed by atoms with Gasteiger partial charge in [-0.1, -0.05) is 18.5 Å². The molecule has 222 valence electrons. The van der Waals surface area contributed by atoms with E-state index in [2.05, 4.69) is 10.3 Å². The predicted octanol–water partition coefficient (Wildman–Crippen LogP) is 6.51. The molecule has 0 bridgehead atoms. The molecule has 1 heterocycles. The van der Waals surface area contributed by atoms with Crippen molar-refractivity contribution >= 4 is 49.8 Å². The van der Waals surface area contributed by atoms with Crippen LogP contribution in [0, 0.1) is 11.6 Å². The third kappa shape index (κ3) is 7.00. The molecular weight excluding hydrogens is 591 g/mol. The van der Waals surface area contributed by atoms with Crippen LogP contribution in [0.15, 0.2) is 36.4 Å². The fraction of sp³-hybridized carbons (Fsp3) is 0.407. The molecule has 4 rings (SSSR count). The molecule has 1 aliphatic rings. The summed E-state index contributed by atoms with van der Waals surface area (Å²) in [4.78, 5) is 18.3. The van der Waals surface area contributed by atoms with Gasteiger partial charge in [0.15, 0.2) is 5.82 Å². The van der Waals surface area contributed by atoms with Gasteiger partial charge in [-0.2, -0.15) is 13.2 Å². The van der Waals surface area contributed by atoms with E-state index in [1.54, 1.807) is 24.9 Å². The Morgan fingerprint density at radius 1 is 1.10 bits per heavy atom. The van der Waals surface area contributed by atoms with Gasteiger partial charge in [0.1, 0.15) is 17.1 Å². The summed E-state index contributed by atoms with van der Waals surface area (Å²) >= 11 is 6.11. The summed E-state index contributed by atoms with van der Waals surface area (Å²) in [6.45, 7) is 1.63. The molecule has 0 unspecified atom stereocenters. The summed E-state index contributed by atoms with van der Waals surface area (Å²) in [6.07, 6.45) is -2.66. The molecule has 1 aliphatic carbocycles. The molecular formula is C27H28ClF5N4O3S. The zero-order chi connectivity index (χ0) is 30.1. The maximum absolute atomic E-state index is 15.0. The monoisotopic (exact) mass is 618 g/mol. The zero-order valence-electron chi connectivity index (χ0n) is 22.2. The number of rotatable bonds is 8. The summed E-state index contributed by atoms with van der Waals surface area (Å²) in [6, 6.07) is 6.51. The second kappa shape index (κ2) is 12.0. The Hall–Kier alpha value is -3.19. The number of aromatic nitrogens is 1. The van der Waals surface area contributed by atoms with Crippen LogP contribution in [0.4, 0.5) is 33.3 Å². The number of nitrogens with one attached hydrogen (secondary N) is 2. The van der Waals surface area contributed by atoms with Crippen molar-refractivity contribution in [3.63, 3.8) is 0 Å². The molecule has 3 aromatic rings. The average Bonchev–Trinajstić information content (AvgIpc) is 2.89. The van der Waals surface area contributed by atoms with E-state index in [0.29, 0.717) is 41.8 Å². The second-order valence-electron chi connectivity index (χ2n) is 9.98. The number of nitrogens with zero attached hydrogens (tertiary/aromatic N) is 2. The molecule has 1 fully saturated rings. The zero-order valence-corrected chi connectivity index (χ0v) is 23.7. The smallest absolute Gasteiger partial charge is 0.371 e. The Bertz CT molecular complexity index is 1560. The van der Waals surface area contributed by atoms with Crippen molar-refractivity contribution in [2.75, 3.05) is 22.4 Å². The molecule has 0 atom stereocenters. The number of anilines is 2. The summed E-state index contributed by atoms with van der Waals surface area (Å²) in [5.41, 5.74) is -2.00. The number of sulfonamides is 1. The van der Waals surface area contributed by atoms with Crippen molar-refractivity contribution in [2.24, 2.45) is 0 Å². The van der Waals surface area contributed by atoms with Crippen molar-refractivity contribution in [3.8, 4) is 0 Å². The number of carbonyl (C=O) groups excluding carboxylic acids is 1. The van der Waals surface area contributed by atoms with E-state index < -0.39 is 56.7 Å². The van der Waals surface area contributed by atoms with Crippen molar-refractivity contribution in [3.05, 3.63) is 64.3 Å². The molecule has 0 radical (unpaired) electrons. The van der Waals surface area contributed by atoms with E-state index in [1.807, 2.05) is 4.72 Å². The highest BCUT2D eigenvalue weighted by Crippen LogP contribution is 2.37. The number of hydrogen-bond acceptors (Lipinski definition) is 5. The van der Waals surface area contributed by atoms with Gasteiger partial charge in [-0.3, -0.25) is 9.52 Å². The summed E-state index contributed by atoms with van der Waals surface area (Å²) in [5.74, 6) is -3.77. The molecule has 1 aromatic heterocycles. The van der Waals surface area contributed by atoms with Crippen molar-refractivity contribution in [1.82, 2.24) is 10.3 Å². The van der Waals surface area contributed by atoms with Crippen LogP contribution >= 0.6 is 11.6 Å². The Balaban J connectivity index is 1.48. The first-order valence-electron chi connectivity index (χ1n) is 12.9. The fourth-order valence-electron chi connectivity index (χ4n) is 5.01. The number of alkyl halides is 3. The van der Waals surface area contributed by atoms with Crippen molar-refractivity contribution in [1.29, 1.82) is 0 Å². The van der Waals surface area contributed by atoms with Crippen LogP contribution in [-0.4, -0.2) is 44.2 Å². The van der Waals surface area contributed by atoms with E-state index in [0.717, 1.165) is 18.2 Å². The molecule has 14 heteroatoms. The molecule has 2 N–H and O–H groups in total. The van der Waals surface area contributed by atoms with Gasteiger partial charge in [0.05, 0.1) is 17.0 Å². The molecule has 41 heavy (non-hydrogen) atoms. The van der Waals surface area contributed by atoms with Gasteiger partial charge < -0.3 is 10.2 Å². The van der Waals surface area contributed by atoms with Crippen LogP contribution < -0.4 is 14.9 Å². The summed E-state index contributed by atoms with van der Waals surface area (Å²) in [5, 5.41) is 3.42. The van der Waals surface area contributed by atoms with Crippen LogP contribution in [-0.2, 0) is 16.2 Å². The highest BCUT2D eigenvalue weighted by atomic mass is 35.5. The van der Waals surface area contributed by atoms with Crippen LogP contribution in [0.1, 0.15) is 55.1 Å². The number of benzene rings is 2. The number of pyridine rings is 1. The van der Waals surface area contributed by atoms with Gasteiger partial charge in [0, 0.05) is 35.2 Å². The van der Waals surface area contributed by atoms with E-state index in [-0.39, 0.29) is 23.7 Å². The van der Waals surface area contributed by atoms with Gasteiger partial charge >= 0.3 is 6.18 Å². The molecule has 0 spiro atoms. The van der Waals surface area contributed by atoms with E-state index in [1.165, 1.54) is 12.1 Å². The second-order valence-corrected chi connectivity index (χ2v) is 12.3. The largest absolute Gasteiger partial charge is 0.433 e. The lowest BCUT2D eigenvalue weighted by Gasteiger charge is -2.37. The van der Waals surface area contributed by atoms with Gasteiger partial charge in [-0.05, 0) is 68.5 Å². The Morgan fingerprint density at radius 2 is 1.78 bits per heavy atom. The number of hydrogen-bond donors (Lipinski definition) is 2. The first-order chi connectivity index (χ1) is 19.2. The van der Waals surface area contributed by atoms with Crippen LogP contribution in [0.3, 0.4) is 0 Å². The van der Waals surface area contributed by atoms with E-state index in [9.17, 15) is 30.8 Å². The SMILES string of the molecule is CCCS(=O)(=O)Nc1ccc(F)c(C(=O)NC2CCC(N(C)c3cc(C(F)(F)F)nc4ccc(Cl)cc34)CC2)c1F. The lowest BCUT2D eigenvalue weighted by Crippen LogP contribution is -2.43. The predicted molar refractivity (Wildman–Crippen MR) is 148 cm³/mol. The Morgan fingerprint density at radius 3 is 2.41 bits per heavy atom. The Kier molecular flexibility index (Phi) is 8.98. The van der Waals surface area contributed by atoms with Crippen LogP contribution in [0.2, 0.25) is 5.02 Å². The number of carbonyl (C=O) groups is 1. The topological polar surface area (TPSA) is 91.4 Å². The van der Waals surface area contributed by atoms with Crippen LogP contribution in [0.5, 0.6) is 0 Å². The van der Waals surface area contributed by atoms with E-state index in [4.69, 9.17) is 11.6 Å². The molecule has 1 amide bonds. The lowest BCUT2D eigenvalue weighted by atomic mass is 9.89. The maximum atomic E-state index is 15.0. The minimum absolute atomic E-state index is 0.148. The molecule has 1 saturated carbocycles. The van der Waals surface area contributed by atoms with Gasteiger partial charge in [-0.15, -0.1) is 0 Å². The lowest BCUT2D eigenvalue weighted by molar-refractivity contribution is -0.140. The standard InChI is InChI=1S/C27H28ClF5N4O3S/c1-3-12-41(39,40)36-21-11-9-19(29)24(25(21)30)26(38)34-16-5-7-17(8-6-16)37(2)22-14-23(27(31,32)33)35-20-10-4-15(28)13-18(20)22/h4,9-11,13-14,16-17,36H,3,5-8,12H2,1-2H3,(H,34,38). The minimum Gasteiger partial charge on any atom is -0.371 e. The molecule has 2 aromatic carbocycles. The third-order valence-electron chi connectivity index (χ3n) is 7.06. The first-order valence-corrected chi connectivity index (χ1v) is 14.9. The minimum atomic E-state index is -4.65. The Labute approximate surface area is 239 Å². The van der Waals surface area contributed by atoms with Gasteiger partial charge in [-0.25, -0.2) is 22.2 Å². The molecule has 7 nitrogen and oxygen atoms in total. The normalized spacial score (nSPS) is 17.9. The number of fused-ring (bicyclic) bond motifs is 1. The van der Waals surface area contributed by atoms with Crippen LogP contribution in [0.25, 0.3) is 10.9 Å². The average molecular weight is 619 g/mol. The highest BCUT2D eigenvalue weighted by molar-refractivity contribution is 7.92. The third-order valence-corrected chi connectivity index (χ3v) is 8.77. The number of halogens is 6. The number of amides is 1.